The van der Waals surface area contributed by atoms with E-state index < -0.39 is 11.7 Å². The average molecular weight is 294 g/mol. The molecular weight excluding hydrogens is 279 g/mol. The summed E-state index contributed by atoms with van der Waals surface area (Å²) in [5, 5.41) is 2.97. The summed E-state index contributed by atoms with van der Waals surface area (Å²) in [6, 6.07) is 3.78. The molecule has 1 N–H and O–H groups in total. The molecule has 1 saturated carbocycles. The molecular formula is C13H15ClF3NO. The number of halogens is 4. The molecule has 1 aromatic rings. The Kier molecular flexibility index (Phi) is 4.26. The summed E-state index contributed by atoms with van der Waals surface area (Å²) >= 11 is 5.86. The van der Waals surface area contributed by atoms with Crippen LogP contribution >= 0.6 is 11.6 Å². The van der Waals surface area contributed by atoms with Gasteiger partial charge in [-0.2, -0.15) is 13.2 Å². The van der Waals surface area contributed by atoms with Crippen molar-refractivity contribution in [1.29, 1.82) is 0 Å². The van der Waals surface area contributed by atoms with Gasteiger partial charge in [-0.25, -0.2) is 0 Å². The van der Waals surface area contributed by atoms with Gasteiger partial charge in [0.25, 0.3) is 0 Å². The number of ether oxygens (including phenoxy) is 1. The van der Waals surface area contributed by atoms with Crippen molar-refractivity contribution in [1.82, 2.24) is 0 Å². The van der Waals surface area contributed by atoms with Crippen LogP contribution < -0.4 is 5.32 Å². The van der Waals surface area contributed by atoms with E-state index >= 15 is 0 Å². The molecule has 0 unspecified atom stereocenters. The first-order valence-corrected chi connectivity index (χ1v) is 6.53. The first-order chi connectivity index (χ1) is 8.91. The van der Waals surface area contributed by atoms with Crippen LogP contribution in [-0.2, 0) is 10.9 Å². The predicted molar refractivity (Wildman–Crippen MR) is 68.5 cm³/mol. The number of hydrogen-bond acceptors (Lipinski definition) is 2. The van der Waals surface area contributed by atoms with Crippen LogP contribution in [0.2, 0.25) is 5.02 Å². The fourth-order valence-corrected chi connectivity index (χ4v) is 2.40. The van der Waals surface area contributed by atoms with Crippen molar-refractivity contribution >= 4 is 17.3 Å². The van der Waals surface area contributed by atoms with Crippen LogP contribution in [0.1, 0.15) is 25.3 Å². The quantitative estimate of drug-likeness (QED) is 0.892. The summed E-state index contributed by atoms with van der Waals surface area (Å²) in [4.78, 5) is 0. The van der Waals surface area contributed by atoms with Crippen molar-refractivity contribution in [3.8, 4) is 0 Å². The molecule has 1 aromatic carbocycles. The summed E-state index contributed by atoms with van der Waals surface area (Å²) in [6.07, 6.45) is -2.86. The van der Waals surface area contributed by atoms with Gasteiger partial charge in [0.1, 0.15) is 0 Å². The van der Waals surface area contributed by atoms with Gasteiger partial charge in [0, 0.05) is 12.6 Å². The molecule has 0 spiro atoms. The number of benzene rings is 1. The van der Waals surface area contributed by atoms with E-state index in [9.17, 15) is 13.2 Å². The third-order valence-electron chi connectivity index (χ3n) is 3.16. The van der Waals surface area contributed by atoms with Crippen molar-refractivity contribution in [2.45, 2.75) is 38.1 Å². The van der Waals surface area contributed by atoms with Gasteiger partial charge in [0.2, 0.25) is 0 Å². The molecule has 2 nitrogen and oxygen atoms in total. The van der Waals surface area contributed by atoms with Crippen LogP contribution in [-0.4, -0.2) is 18.8 Å². The number of nitrogens with one attached hydrogen (secondary N) is 1. The molecule has 1 aliphatic rings. The molecule has 2 rings (SSSR count). The molecule has 106 valence electrons. The normalized spacial score (nSPS) is 23.0. The van der Waals surface area contributed by atoms with Crippen LogP contribution in [0.25, 0.3) is 0 Å². The Balaban J connectivity index is 2.09. The minimum atomic E-state index is -4.41. The lowest BCUT2D eigenvalue weighted by atomic mass is 9.88. The van der Waals surface area contributed by atoms with Crippen LogP contribution in [0, 0.1) is 0 Å². The summed E-state index contributed by atoms with van der Waals surface area (Å²) < 4.78 is 44.0. The Bertz CT molecular complexity index is 444. The van der Waals surface area contributed by atoms with Gasteiger partial charge in [-0.1, -0.05) is 17.7 Å². The molecule has 0 bridgehead atoms. The first kappa shape index (κ1) is 14.5. The third-order valence-corrected chi connectivity index (χ3v) is 3.48. The molecule has 1 fully saturated rings. The molecule has 0 atom stereocenters. The van der Waals surface area contributed by atoms with E-state index in [1.807, 2.05) is 6.92 Å². The Morgan fingerprint density at radius 1 is 1.37 bits per heavy atom. The maximum Gasteiger partial charge on any atom is 0.418 e. The number of anilines is 1. The highest BCUT2D eigenvalue weighted by molar-refractivity contribution is 6.33. The van der Waals surface area contributed by atoms with Gasteiger partial charge in [-0.15, -0.1) is 0 Å². The number of rotatable bonds is 4. The Labute approximate surface area is 114 Å². The molecule has 0 aromatic heterocycles. The van der Waals surface area contributed by atoms with Gasteiger partial charge < -0.3 is 10.1 Å². The minimum absolute atomic E-state index is 0.0162. The molecule has 0 saturated heterocycles. The van der Waals surface area contributed by atoms with Gasteiger partial charge in [-0.3, -0.25) is 0 Å². The maximum absolute atomic E-state index is 12.9. The molecule has 0 radical (unpaired) electrons. The zero-order chi connectivity index (χ0) is 14.0. The molecule has 1 aliphatic carbocycles. The smallest absolute Gasteiger partial charge is 0.380 e. The van der Waals surface area contributed by atoms with E-state index in [4.69, 9.17) is 16.3 Å². The highest BCUT2D eigenvalue weighted by Crippen LogP contribution is 2.40. The highest BCUT2D eigenvalue weighted by Gasteiger charge is 2.36. The van der Waals surface area contributed by atoms with Crippen molar-refractivity contribution in [3.63, 3.8) is 0 Å². The predicted octanol–water partition coefficient (Wildman–Crippen LogP) is 4.34. The van der Waals surface area contributed by atoms with E-state index in [1.165, 1.54) is 12.1 Å². The fourth-order valence-electron chi connectivity index (χ4n) is 2.17. The standard InChI is InChI=1S/C13H15ClF3NO/c1-2-19-9-6-8(7-9)18-12-10(13(15,16)17)4-3-5-11(12)14/h3-5,8-9,18H,2,6-7H2,1H3. The monoisotopic (exact) mass is 293 g/mol. The van der Waals surface area contributed by atoms with Crippen LogP contribution in [0.5, 0.6) is 0 Å². The lowest BCUT2D eigenvalue weighted by Gasteiger charge is -2.36. The lowest BCUT2D eigenvalue weighted by Crippen LogP contribution is -2.41. The van der Waals surface area contributed by atoms with Gasteiger partial charge in [0.15, 0.2) is 0 Å². The van der Waals surface area contributed by atoms with E-state index in [1.54, 1.807) is 0 Å². The number of hydrogen-bond donors (Lipinski definition) is 1. The Hall–Kier alpha value is -0.940. The van der Waals surface area contributed by atoms with E-state index in [0.29, 0.717) is 19.4 Å². The van der Waals surface area contributed by atoms with Crippen LogP contribution in [0.15, 0.2) is 18.2 Å². The minimum Gasteiger partial charge on any atom is -0.380 e. The van der Waals surface area contributed by atoms with Crippen molar-refractivity contribution in [2.75, 3.05) is 11.9 Å². The Morgan fingerprint density at radius 3 is 2.63 bits per heavy atom. The second-order valence-corrected chi connectivity index (χ2v) is 4.96. The summed E-state index contributed by atoms with van der Waals surface area (Å²) in [6.45, 7) is 2.52. The topological polar surface area (TPSA) is 21.3 Å². The van der Waals surface area contributed by atoms with E-state index in [0.717, 1.165) is 6.07 Å². The summed E-state index contributed by atoms with van der Waals surface area (Å²) in [7, 11) is 0. The molecule has 0 amide bonds. The van der Waals surface area contributed by atoms with Crippen molar-refractivity contribution in [2.24, 2.45) is 0 Å². The largest absolute Gasteiger partial charge is 0.418 e. The zero-order valence-corrected chi connectivity index (χ0v) is 11.2. The van der Waals surface area contributed by atoms with E-state index in [-0.39, 0.29) is 22.9 Å². The van der Waals surface area contributed by atoms with Gasteiger partial charge in [0.05, 0.1) is 22.4 Å². The molecule has 0 heterocycles. The molecule has 6 heteroatoms. The van der Waals surface area contributed by atoms with Gasteiger partial charge in [-0.05, 0) is 31.9 Å². The molecule has 0 aliphatic heterocycles. The second kappa shape index (κ2) is 5.59. The van der Waals surface area contributed by atoms with Crippen molar-refractivity contribution < 1.29 is 17.9 Å². The SMILES string of the molecule is CCOC1CC(Nc2c(Cl)cccc2C(F)(F)F)C1. The van der Waals surface area contributed by atoms with Gasteiger partial charge >= 0.3 is 6.18 Å². The first-order valence-electron chi connectivity index (χ1n) is 6.15. The molecule has 19 heavy (non-hydrogen) atoms. The fraction of sp³-hybridized carbons (Fsp3) is 0.538. The highest BCUT2D eigenvalue weighted by atomic mass is 35.5. The number of alkyl halides is 3. The lowest BCUT2D eigenvalue weighted by molar-refractivity contribution is -0.137. The van der Waals surface area contributed by atoms with Crippen LogP contribution in [0.3, 0.4) is 0 Å². The summed E-state index contributed by atoms with van der Waals surface area (Å²) in [5.74, 6) is 0. The summed E-state index contributed by atoms with van der Waals surface area (Å²) in [5.41, 5.74) is -0.753. The van der Waals surface area contributed by atoms with Crippen molar-refractivity contribution in [3.05, 3.63) is 28.8 Å². The average Bonchev–Trinajstić information content (AvgIpc) is 2.27. The second-order valence-electron chi connectivity index (χ2n) is 4.55. The number of para-hydroxylation sites is 1. The zero-order valence-electron chi connectivity index (χ0n) is 10.4. The Morgan fingerprint density at radius 2 is 2.05 bits per heavy atom. The van der Waals surface area contributed by atoms with E-state index in [2.05, 4.69) is 5.32 Å². The van der Waals surface area contributed by atoms with Crippen LogP contribution in [0.4, 0.5) is 18.9 Å². The third kappa shape index (κ3) is 3.34. The maximum atomic E-state index is 12.9.